The molecule has 3 rings (SSSR count). The van der Waals surface area contributed by atoms with Gasteiger partial charge in [0.15, 0.2) is 6.10 Å². The van der Waals surface area contributed by atoms with Gasteiger partial charge in [0.2, 0.25) is 0 Å². The van der Waals surface area contributed by atoms with E-state index in [1.54, 1.807) is 31.2 Å². The van der Waals surface area contributed by atoms with Gasteiger partial charge < -0.3 is 10.1 Å². The summed E-state index contributed by atoms with van der Waals surface area (Å²) < 4.78 is 33.1. The normalized spacial score (nSPS) is 12.1. The average Bonchev–Trinajstić information content (AvgIpc) is 2.72. The molecule has 0 unspecified atom stereocenters. The van der Waals surface area contributed by atoms with Gasteiger partial charge in [0.1, 0.15) is 5.75 Å². The van der Waals surface area contributed by atoms with Crippen molar-refractivity contribution in [3.8, 4) is 5.75 Å². The fraction of sp³-hybridized carbons (Fsp3) is 0.0952. The van der Waals surface area contributed by atoms with Crippen LogP contribution >= 0.6 is 34.8 Å². The third-order valence-electron chi connectivity index (χ3n) is 4.10. The lowest BCUT2D eigenvalue weighted by molar-refractivity contribution is -0.122. The van der Waals surface area contributed by atoms with Crippen LogP contribution in [0.2, 0.25) is 15.1 Å². The minimum Gasteiger partial charge on any atom is -0.481 e. The lowest BCUT2D eigenvalue weighted by atomic mass is 10.3. The molecule has 31 heavy (non-hydrogen) atoms. The topological polar surface area (TPSA) is 84.5 Å². The summed E-state index contributed by atoms with van der Waals surface area (Å²) in [5, 5.41) is 3.80. The van der Waals surface area contributed by atoms with E-state index in [0.717, 1.165) is 0 Å². The zero-order valence-corrected chi connectivity index (χ0v) is 19.2. The Morgan fingerprint density at radius 3 is 2.13 bits per heavy atom. The highest BCUT2D eigenvalue weighted by Gasteiger charge is 2.18. The number of carbonyl (C=O) groups excluding carboxylic acids is 1. The smallest absolute Gasteiger partial charge is 0.265 e. The van der Waals surface area contributed by atoms with Gasteiger partial charge >= 0.3 is 0 Å². The van der Waals surface area contributed by atoms with E-state index in [1.807, 2.05) is 0 Å². The standard InChI is InChI=1S/C21H17Cl3N2O4S/c1-13(30-17-7-2-14(22)3-8-17)21(27)25-16-5-9-18(10-6-16)31(28,29)26-20-11-4-15(23)12-19(20)24/h2-13,26H,1H3,(H,25,27)/t13-/m0/s1. The Labute approximate surface area is 195 Å². The first-order valence-corrected chi connectivity index (χ1v) is 11.6. The summed E-state index contributed by atoms with van der Waals surface area (Å²) >= 11 is 17.7. The quantitative estimate of drug-likeness (QED) is 0.427. The van der Waals surface area contributed by atoms with E-state index < -0.39 is 22.0 Å². The number of sulfonamides is 1. The molecule has 0 spiro atoms. The number of anilines is 2. The predicted molar refractivity (Wildman–Crippen MR) is 124 cm³/mol. The Kier molecular flexibility index (Phi) is 7.33. The zero-order chi connectivity index (χ0) is 22.6. The van der Waals surface area contributed by atoms with E-state index in [4.69, 9.17) is 39.5 Å². The van der Waals surface area contributed by atoms with Gasteiger partial charge in [0.25, 0.3) is 15.9 Å². The fourth-order valence-electron chi connectivity index (χ4n) is 2.51. The summed E-state index contributed by atoms with van der Waals surface area (Å²) in [7, 11) is -3.88. The molecule has 162 valence electrons. The van der Waals surface area contributed by atoms with Crippen molar-refractivity contribution in [3.63, 3.8) is 0 Å². The molecule has 0 radical (unpaired) electrons. The average molecular weight is 500 g/mol. The Balaban J connectivity index is 1.64. The maximum atomic E-state index is 12.6. The van der Waals surface area contributed by atoms with E-state index in [1.165, 1.54) is 42.5 Å². The number of amides is 1. The van der Waals surface area contributed by atoms with Crippen LogP contribution in [0.3, 0.4) is 0 Å². The highest BCUT2D eigenvalue weighted by Crippen LogP contribution is 2.28. The van der Waals surface area contributed by atoms with Crippen LogP contribution in [0.1, 0.15) is 6.92 Å². The number of nitrogens with one attached hydrogen (secondary N) is 2. The molecule has 3 aromatic rings. The number of ether oxygens (including phenoxy) is 1. The minimum atomic E-state index is -3.88. The molecule has 6 nitrogen and oxygen atoms in total. The molecule has 2 N–H and O–H groups in total. The SMILES string of the molecule is C[C@H](Oc1ccc(Cl)cc1)C(=O)Nc1ccc(S(=O)(=O)Nc2ccc(Cl)cc2Cl)cc1. The van der Waals surface area contributed by atoms with E-state index in [-0.39, 0.29) is 15.6 Å². The van der Waals surface area contributed by atoms with Gasteiger partial charge in [0, 0.05) is 15.7 Å². The highest BCUT2D eigenvalue weighted by atomic mass is 35.5. The molecule has 1 atom stereocenters. The predicted octanol–water partition coefficient (Wildman–Crippen LogP) is 5.85. The van der Waals surface area contributed by atoms with Crippen LogP contribution < -0.4 is 14.8 Å². The highest BCUT2D eigenvalue weighted by molar-refractivity contribution is 7.92. The van der Waals surface area contributed by atoms with Crippen LogP contribution in [-0.2, 0) is 14.8 Å². The second-order valence-corrected chi connectivity index (χ2v) is 9.42. The van der Waals surface area contributed by atoms with Crippen molar-refractivity contribution in [2.75, 3.05) is 10.0 Å². The third-order valence-corrected chi connectivity index (χ3v) is 6.28. The summed E-state index contributed by atoms with van der Waals surface area (Å²) in [5.41, 5.74) is 0.622. The van der Waals surface area contributed by atoms with E-state index in [0.29, 0.717) is 21.5 Å². The molecular formula is C21H17Cl3N2O4S. The van der Waals surface area contributed by atoms with Gasteiger partial charge in [-0.05, 0) is 73.7 Å². The summed E-state index contributed by atoms with van der Waals surface area (Å²) in [4.78, 5) is 12.4. The first-order valence-electron chi connectivity index (χ1n) is 8.95. The molecule has 1 amide bonds. The van der Waals surface area contributed by atoms with Crippen LogP contribution in [0.25, 0.3) is 0 Å². The van der Waals surface area contributed by atoms with Crippen molar-refractivity contribution in [1.82, 2.24) is 0 Å². The fourth-order valence-corrected chi connectivity index (χ4v) is 4.23. The second kappa shape index (κ2) is 9.78. The van der Waals surface area contributed by atoms with Crippen LogP contribution in [0.4, 0.5) is 11.4 Å². The van der Waals surface area contributed by atoms with Gasteiger partial charge in [-0.2, -0.15) is 0 Å². The second-order valence-electron chi connectivity index (χ2n) is 6.46. The maximum Gasteiger partial charge on any atom is 0.265 e. The number of hydrogen-bond acceptors (Lipinski definition) is 4. The van der Waals surface area contributed by atoms with Gasteiger partial charge in [-0.1, -0.05) is 34.8 Å². The van der Waals surface area contributed by atoms with Crippen molar-refractivity contribution >= 4 is 62.1 Å². The Morgan fingerprint density at radius 2 is 1.52 bits per heavy atom. The molecule has 10 heteroatoms. The first-order chi connectivity index (χ1) is 14.6. The molecule has 0 saturated carbocycles. The van der Waals surface area contributed by atoms with Crippen molar-refractivity contribution in [1.29, 1.82) is 0 Å². The summed E-state index contributed by atoms with van der Waals surface area (Å²) in [6.45, 7) is 1.60. The van der Waals surface area contributed by atoms with Crippen LogP contribution in [0.5, 0.6) is 5.75 Å². The largest absolute Gasteiger partial charge is 0.481 e. The molecule has 0 heterocycles. The maximum absolute atomic E-state index is 12.6. The van der Waals surface area contributed by atoms with Crippen LogP contribution in [0.15, 0.2) is 71.6 Å². The molecule has 0 fully saturated rings. The van der Waals surface area contributed by atoms with Gasteiger partial charge in [-0.15, -0.1) is 0 Å². The van der Waals surface area contributed by atoms with Crippen molar-refractivity contribution in [2.24, 2.45) is 0 Å². The Morgan fingerprint density at radius 1 is 0.903 bits per heavy atom. The number of rotatable bonds is 7. The molecule has 3 aromatic carbocycles. The minimum absolute atomic E-state index is 0.00183. The van der Waals surface area contributed by atoms with Crippen molar-refractivity contribution in [3.05, 3.63) is 81.8 Å². The molecule has 0 bridgehead atoms. The number of carbonyl (C=O) groups is 1. The van der Waals surface area contributed by atoms with Crippen LogP contribution in [-0.4, -0.2) is 20.4 Å². The molecule has 0 aromatic heterocycles. The number of hydrogen-bond donors (Lipinski definition) is 2. The molecule has 0 aliphatic heterocycles. The first kappa shape index (κ1) is 23.2. The Bertz CT molecular complexity index is 1180. The monoisotopic (exact) mass is 498 g/mol. The summed E-state index contributed by atoms with van der Waals surface area (Å²) in [6, 6.07) is 16.8. The number of halogens is 3. The van der Waals surface area contributed by atoms with Crippen molar-refractivity contribution in [2.45, 2.75) is 17.9 Å². The summed E-state index contributed by atoms with van der Waals surface area (Å²) in [6.07, 6.45) is -0.779. The summed E-state index contributed by atoms with van der Waals surface area (Å²) in [5.74, 6) is 0.108. The van der Waals surface area contributed by atoms with Crippen molar-refractivity contribution < 1.29 is 17.9 Å². The lowest BCUT2D eigenvalue weighted by Crippen LogP contribution is -2.30. The molecule has 0 saturated heterocycles. The van der Waals surface area contributed by atoms with Gasteiger partial charge in [0.05, 0.1) is 15.6 Å². The molecule has 0 aliphatic carbocycles. The van der Waals surface area contributed by atoms with E-state index >= 15 is 0 Å². The zero-order valence-electron chi connectivity index (χ0n) is 16.1. The lowest BCUT2D eigenvalue weighted by Gasteiger charge is -2.15. The van der Waals surface area contributed by atoms with E-state index in [2.05, 4.69) is 10.0 Å². The van der Waals surface area contributed by atoms with Gasteiger partial charge in [-0.25, -0.2) is 8.42 Å². The Hall–Kier alpha value is -2.45. The van der Waals surface area contributed by atoms with Gasteiger partial charge in [-0.3, -0.25) is 9.52 Å². The molecular weight excluding hydrogens is 483 g/mol. The molecule has 0 aliphatic rings. The third kappa shape index (κ3) is 6.27. The number of benzene rings is 3. The van der Waals surface area contributed by atoms with E-state index in [9.17, 15) is 13.2 Å². The van der Waals surface area contributed by atoms with Crippen LogP contribution in [0, 0.1) is 0 Å².